The van der Waals surface area contributed by atoms with E-state index in [4.69, 9.17) is 4.74 Å². The van der Waals surface area contributed by atoms with Crippen molar-refractivity contribution < 1.29 is 19.1 Å². The highest BCUT2D eigenvalue weighted by atomic mass is 32.2. The predicted octanol–water partition coefficient (Wildman–Crippen LogP) is 4.14. The molecule has 1 saturated carbocycles. The van der Waals surface area contributed by atoms with E-state index in [1.807, 2.05) is 67.3 Å². The summed E-state index contributed by atoms with van der Waals surface area (Å²) in [5.74, 6) is 1.26. The van der Waals surface area contributed by atoms with E-state index in [0.717, 1.165) is 49.2 Å². The lowest BCUT2D eigenvalue weighted by molar-refractivity contribution is -0.122. The number of carbonyl (C=O) groups is 3. The minimum absolute atomic E-state index is 0.00207. The fourth-order valence-electron chi connectivity index (χ4n) is 6.34. The number of ether oxygens (including phenoxy) is 1. The van der Waals surface area contributed by atoms with Crippen LogP contribution in [-0.2, 0) is 9.59 Å². The number of piperidine rings is 1. The number of nitrogens with zero attached hydrogens (tertiary/aromatic N) is 1. The number of carbonyl (C=O) groups excluding carboxylic acids is 3. The molecule has 4 aliphatic rings. The van der Waals surface area contributed by atoms with Crippen LogP contribution in [0.4, 0.5) is 10.5 Å². The van der Waals surface area contributed by atoms with Gasteiger partial charge in [-0.05, 0) is 75.0 Å². The lowest BCUT2D eigenvalue weighted by atomic mass is 9.86. The van der Waals surface area contributed by atoms with E-state index in [9.17, 15) is 14.4 Å². The van der Waals surface area contributed by atoms with Crippen molar-refractivity contribution in [2.75, 3.05) is 11.4 Å². The molecule has 0 spiro atoms. The van der Waals surface area contributed by atoms with Crippen molar-refractivity contribution in [3.8, 4) is 11.5 Å². The highest BCUT2D eigenvalue weighted by Crippen LogP contribution is 2.48. The molecule has 1 aliphatic carbocycles. The zero-order valence-electron chi connectivity index (χ0n) is 22.7. The van der Waals surface area contributed by atoms with Crippen LogP contribution in [0.3, 0.4) is 0 Å². The van der Waals surface area contributed by atoms with Gasteiger partial charge < -0.3 is 26.0 Å². The molecule has 9 nitrogen and oxygen atoms in total. The molecule has 4 N–H and O–H groups in total. The van der Waals surface area contributed by atoms with Crippen molar-refractivity contribution in [2.24, 2.45) is 5.92 Å². The Hall–Kier alpha value is -3.50. The molecular weight excluding hydrogens is 526 g/mol. The maximum Gasteiger partial charge on any atom is 0.326 e. The van der Waals surface area contributed by atoms with Crippen molar-refractivity contribution in [3.63, 3.8) is 0 Å². The molecule has 3 heterocycles. The van der Waals surface area contributed by atoms with E-state index >= 15 is 0 Å². The number of hydrogen-bond donors (Lipinski definition) is 4. The van der Waals surface area contributed by atoms with Gasteiger partial charge in [-0.1, -0.05) is 36.9 Å². The first-order valence-corrected chi connectivity index (χ1v) is 15.0. The van der Waals surface area contributed by atoms with Crippen molar-refractivity contribution in [1.82, 2.24) is 21.3 Å². The van der Waals surface area contributed by atoms with Crippen LogP contribution in [-0.4, -0.2) is 47.9 Å². The number of aryl methyl sites for hydroxylation is 1. The fourth-order valence-corrected chi connectivity index (χ4v) is 7.74. The Morgan fingerprint density at radius 1 is 1.05 bits per heavy atom. The molecule has 3 aliphatic heterocycles. The molecule has 2 aromatic rings. The summed E-state index contributed by atoms with van der Waals surface area (Å²) in [5, 5.41) is 12.9. The quantitative estimate of drug-likeness (QED) is 0.404. The maximum atomic E-state index is 13.6. The van der Waals surface area contributed by atoms with Crippen molar-refractivity contribution in [1.29, 1.82) is 0 Å². The van der Waals surface area contributed by atoms with E-state index in [0.29, 0.717) is 22.8 Å². The van der Waals surface area contributed by atoms with Gasteiger partial charge in [0.1, 0.15) is 11.5 Å². The second-order valence-electron chi connectivity index (χ2n) is 10.8. The van der Waals surface area contributed by atoms with Crippen LogP contribution < -0.4 is 30.9 Å². The van der Waals surface area contributed by atoms with E-state index < -0.39 is 0 Å². The first-order valence-electron chi connectivity index (χ1n) is 14.1. The Bertz CT molecular complexity index is 1350. The number of amides is 4. The largest absolute Gasteiger partial charge is 0.457 e. The molecule has 10 heteroatoms. The Labute approximate surface area is 238 Å². The number of nitrogens with one attached hydrogen (secondary N) is 4. The first-order chi connectivity index (χ1) is 19.4. The predicted molar refractivity (Wildman–Crippen MR) is 155 cm³/mol. The van der Waals surface area contributed by atoms with Gasteiger partial charge in [-0.15, -0.1) is 0 Å². The van der Waals surface area contributed by atoms with Crippen LogP contribution in [0.1, 0.15) is 44.6 Å². The second-order valence-corrected chi connectivity index (χ2v) is 12.0. The number of benzene rings is 2. The van der Waals surface area contributed by atoms with Gasteiger partial charge in [-0.25, -0.2) is 4.79 Å². The zero-order valence-corrected chi connectivity index (χ0v) is 23.6. The lowest BCUT2D eigenvalue weighted by Crippen LogP contribution is -2.62. The van der Waals surface area contributed by atoms with E-state index in [1.165, 1.54) is 11.8 Å². The SMILES string of the molecule is CCC(=O)N[C@@H]1CCC[C@@H]1NC(=O)C1=C2NC(=O)N(c3ccc(Oc4ccccc4)cc3C)C3CCNC(S1)C23. The highest BCUT2D eigenvalue weighted by Gasteiger charge is 2.52. The van der Waals surface area contributed by atoms with Crippen LogP contribution in [0.25, 0.3) is 0 Å². The van der Waals surface area contributed by atoms with Crippen molar-refractivity contribution in [2.45, 2.75) is 69.5 Å². The number of thioether (sulfide) groups is 1. The van der Waals surface area contributed by atoms with Crippen LogP contribution in [0.5, 0.6) is 11.5 Å². The molecular formula is C30H35N5O4S. The lowest BCUT2D eigenvalue weighted by Gasteiger charge is -2.46. The Balaban J connectivity index is 1.22. The Morgan fingerprint density at radius 3 is 2.58 bits per heavy atom. The van der Waals surface area contributed by atoms with Crippen molar-refractivity contribution in [3.05, 3.63) is 64.7 Å². The van der Waals surface area contributed by atoms with Gasteiger partial charge in [0.05, 0.1) is 16.3 Å². The average Bonchev–Trinajstić information content (AvgIpc) is 3.55. The number of para-hydroxylation sites is 1. The minimum Gasteiger partial charge on any atom is -0.457 e. The number of hydrogen-bond acceptors (Lipinski definition) is 6. The summed E-state index contributed by atoms with van der Waals surface area (Å²) in [7, 11) is 0. The summed E-state index contributed by atoms with van der Waals surface area (Å²) in [4.78, 5) is 41.6. The van der Waals surface area contributed by atoms with E-state index in [1.54, 1.807) is 0 Å². The Morgan fingerprint density at radius 2 is 1.82 bits per heavy atom. The summed E-state index contributed by atoms with van der Waals surface area (Å²) in [6.07, 6.45) is 3.83. The summed E-state index contributed by atoms with van der Waals surface area (Å²) in [6, 6.07) is 14.9. The Kier molecular flexibility index (Phi) is 7.46. The molecule has 5 atom stereocenters. The van der Waals surface area contributed by atoms with Crippen LogP contribution in [0.2, 0.25) is 0 Å². The van der Waals surface area contributed by atoms with E-state index in [2.05, 4.69) is 21.3 Å². The van der Waals surface area contributed by atoms with Gasteiger partial charge in [-0.2, -0.15) is 0 Å². The monoisotopic (exact) mass is 561 g/mol. The number of urea groups is 1. The molecule has 0 bridgehead atoms. The van der Waals surface area contributed by atoms with E-state index in [-0.39, 0.29) is 47.3 Å². The van der Waals surface area contributed by atoms with Crippen LogP contribution in [0.15, 0.2) is 59.1 Å². The zero-order chi connectivity index (χ0) is 27.8. The van der Waals surface area contributed by atoms with Gasteiger partial charge in [-0.3, -0.25) is 14.5 Å². The third-order valence-electron chi connectivity index (χ3n) is 8.25. The maximum absolute atomic E-state index is 13.6. The van der Waals surface area contributed by atoms with Crippen molar-refractivity contribution >= 4 is 35.3 Å². The molecule has 4 amide bonds. The molecule has 0 aromatic heterocycles. The fraction of sp³-hybridized carbons (Fsp3) is 0.433. The highest BCUT2D eigenvalue weighted by molar-refractivity contribution is 8.04. The topological polar surface area (TPSA) is 112 Å². The third-order valence-corrected chi connectivity index (χ3v) is 9.61. The third kappa shape index (κ3) is 5.06. The van der Waals surface area contributed by atoms with Gasteiger partial charge >= 0.3 is 6.03 Å². The molecule has 210 valence electrons. The van der Waals surface area contributed by atoms with Crippen LogP contribution >= 0.6 is 11.8 Å². The average molecular weight is 562 g/mol. The molecule has 3 unspecified atom stereocenters. The molecule has 6 rings (SSSR count). The van der Waals surface area contributed by atoms with Crippen LogP contribution in [0, 0.1) is 12.8 Å². The van der Waals surface area contributed by atoms with Gasteiger partial charge in [0.25, 0.3) is 5.91 Å². The smallest absolute Gasteiger partial charge is 0.326 e. The minimum atomic E-state index is -0.224. The molecule has 0 radical (unpaired) electrons. The van der Waals surface area contributed by atoms with Gasteiger partial charge in [0, 0.05) is 35.8 Å². The van der Waals surface area contributed by atoms with Gasteiger partial charge in [0.2, 0.25) is 5.91 Å². The summed E-state index contributed by atoms with van der Waals surface area (Å²) in [5.41, 5.74) is 2.49. The summed E-state index contributed by atoms with van der Waals surface area (Å²) >= 11 is 1.50. The number of rotatable bonds is 7. The normalized spacial score (nSPS) is 27.2. The molecule has 2 aromatic carbocycles. The van der Waals surface area contributed by atoms with Gasteiger partial charge in [0.15, 0.2) is 0 Å². The second kappa shape index (κ2) is 11.2. The number of anilines is 1. The standard InChI is InChI=1S/C30H35N5O4S/c1-3-24(36)32-20-10-7-11-21(20)33-28(37)27-26-25-23(14-15-31-29(25)40-27)35(30(38)34-26)22-13-12-19(16-17(22)2)39-18-8-5-4-6-9-18/h4-6,8-9,12-13,16,20-21,23,25,29,31H,3,7,10-11,14-15H2,1-2H3,(H,32,36)(H,33,37)(H,34,38)/t20-,21+,23?,25?,29?/m1/s1. The molecule has 40 heavy (non-hydrogen) atoms. The summed E-state index contributed by atoms with van der Waals surface area (Å²) in [6.45, 7) is 4.57. The molecule has 2 saturated heterocycles. The molecule has 3 fully saturated rings. The first kappa shape index (κ1) is 26.7. The summed E-state index contributed by atoms with van der Waals surface area (Å²) < 4.78 is 6.00.